The van der Waals surface area contributed by atoms with Crippen LogP contribution in [0.5, 0.6) is 5.75 Å². The highest BCUT2D eigenvalue weighted by atomic mass is 32.2. The van der Waals surface area contributed by atoms with E-state index in [0.29, 0.717) is 0 Å². The lowest BCUT2D eigenvalue weighted by Gasteiger charge is -2.21. The summed E-state index contributed by atoms with van der Waals surface area (Å²) in [5.41, 5.74) is 3.16. The highest BCUT2D eigenvalue weighted by molar-refractivity contribution is 8.00. The van der Waals surface area contributed by atoms with E-state index in [1.165, 1.54) is 0 Å². The first-order valence-electron chi connectivity index (χ1n) is 6.21. The Kier molecular flexibility index (Phi) is 5.11. The molecule has 0 heterocycles. The molecule has 1 aromatic rings. The summed E-state index contributed by atoms with van der Waals surface area (Å²) in [6.45, 7) is 10.5. The topological polar surface area (TPSA) is 29.5 Å². The molecule has 0 radical (unpaired) electrons. The third-order valence-electron chi connectivity index (χ3n) is 2.82. The van der Waals surface area contributed by atoms with E-state index >= 15 is 0 Å². The van der Waals surface area contributed by atoms with E-state index in [4.69, 9.17) is 4.74 Å². The number of rotatable bonds is 4. The highest BCUT2D eigenvalue weighted by Crippen LogP contribution is 2.32. The van der Waals surface area contributed by atoms with Gasteiger partial charge in [0.1, 0.15) is 5.75 Å². The average molecular weight is 268 g/mol. The van der Waals surface area contributed by atoms with Crippen molar-refractivity contribution in [2.45, 2.75) is 45.5 Å². The fourth-order valence-corrected chi connectivity index (χ4v) is 2.65. The molecule has 0 aliphatic rings. The molecular weight excluding hydrogens is 244 g/mol. The van der Waals surface area contributed by atoms with Gasteiger partial charge in [0.15, 0.2) is 0 Å². The van der Waals surface area contributed by atoms with Crippen molar-refractivity contribution < 1.29 is 9.84 Å². The standard InChI is InChI=1S/C15H24O2S/c1-10-8-14(17-6)11(2)7-12(10)13(16)9-18-15(3,4)5/h7-8,13,16H,9H2,1-6H3. The second kappa shape index (κ2) is 5.98. The summed E-state index contributed by atoms with van der Waals surface area (Å²) in [6.07, 6.45) is -0.418. The fourth-order valence-electron chi connectivity index (χ4n) is 1.81. The maximum atomic E-state index is 10.3. The molecule has 1 rings (SSSR count). The molecule has 0 aliphatic heterocycles. The predicted molar refractivity (Wildman–Crippen MR) is 79.6 cm³/mol. The van der Waals surface area contributed by atoms with Crippen LogP contribution in [0.25, 0.3) is 0 Å². The first-order valence-corrected chi connectivity index (χ1v) is 7.20. The molecule has 18 heavy (non-hydrogen) atoms. The number of hydrogen-bond acceptors (Lipinski definition) is 3. The molecule has 0 fully saturated rings. The Labute approximate surface area is 115 Å². The minimum absolute atomic E-state index is 0.177. The number of ether oxygens (including phenoxy) is 1. The van der Waals surface area contributed by atoms with Crippen molar-refractivity contribution in [1.29, 1.82) is 0 Å². The van der Waals surface area contributed by atoms with Crippen molar-refractivity contribution in [2.24, 2.45) is 0 Å². The zero-order chi connectivity index (χ0) is 13.9. The van der Waals surface area contributed by atoms with E-state index in [9.17, 15) is 5.11 Å². The van der Waals surface area contributed by atoms with Crippen LogP contribution in [0.2, 0.25) is 0 Å². The van der Waals surface area contributed by atoms with Crippen LogP contribution < -0.4 is 4.74 Å². The van der Waals surface area contributed by atoms with Gasteiger partial charge in [-0.15, -0.1) is 0 Å². The van der Waals surface area contributed by atoms with E-state index in [-0.39, 0.29) is 4.75 Å². The highest BCUT2D eigenvalue weighted by Gasteiger charge is 2.17. The van der Waals surface area contributed by atoms with E-state index in [1.54, 1.807) is 18.9 Å². The van der Waals surface area contributed by atoms with Crippen molar-refractivity contribution in [3.8, 4) is 5.75 Å². The largest absolute Gasteiger partial charge is 0.496 e. The lowest BCUT2D eigenvalue weighted by Crippen LogP contribution is -2.13. The van der Waals surface area contributed by atoms with Crippen LogP contribution in [0, 0.1) is 13.8 Å². The third kappa shape index (κ3) is 4.21. The summed E-state index contributed by atoms with van der Waals surface area (Å²) in [6, 6.07) is 4.03. The molecule has 2 nitrogen and oxygen atoms in total. The molecule has 1 unspecified atom stereocenters. The van der Waals surface area contributed by atoms with E-state index < -0.39 is 6.10 Å². The summed E-state index contributed by atoms with van der Waals surface area (Å²) in [5.74, 6) is 1.60. The molecule has 0 saturated carbocycles. The smallest absolute Gasteiger partial charge is 0.122 e. The van der Waals surface area contributed by atoms with Gasteiger partial charge in [-0.05, 0) is 42.7 Å². The Morgan fingerprint density at radius 2 is 1.83 bits per heavy atom. The van der Waals surface area contributed by atoms with Gasteiger partial charge in [0.2, 0.25) is 0 Å². The monoisotopic (exact) mass is 268 g/mol. The van der Waals surface area contributed by atoms with Gasteiger partial charge in [0, 0.05) is 10.5 Å². The Hall–Kier alpha value is -0.670. The molecule has 102 valence electrons. The average Bonchev–Trinajstić information content (AvgIpc) is 2.27. The van der Waals surface area contributed by atoms with Crippen LogP contribution in [-0.4, -0.2) is 22.7 Å². The van der Waals surface area contributed by atoms with Gasteiger partial charge in [-0.2, -0.15) is 11.8 Å². The third-order valence-corrected chi connectivity index (χ3v) is 4.17. The van der Waals surface area contributed by atoms with Crippen LogP contribution in [0.4, 0.5) is 0 Å². The Balaban J connectivity index is 2.86. The summed E-state index contributed by atoms with van der Waals surface area (Å²) in [7, 11) is 1.67. The van der Waals surface area contributed by atoms with Crippen LogP contribution in [-0.2, 0) is 0 Å². The second-order valence-electron chi connectivity index (χ2n) is 5.62. The van der Waals surface area contributed by atoms with Crippen LogP contribution >= 0.6 is 11.8 Å². The zero-order valence-corrected chi connectivity index (χ0v) is 13.0. The lowest BCUT2D eigenvalue weighted by atomic mass is 10.0. The fraction of sp³-hybridized carbons (Fsp3) is 0.600. The number of benzene rings is 1. The van der Waals surface area contributed by atoms with Crippen molar-refractivity contribution in [1.82, 2.24) is 0 Å². The quantitative estimate of drug-likeness (QED) is 0.898. The molecule has 0 bridgehead atoms. The molecule has 0 aliphatic carbocycles. The Morgan fingerprint density at radius 1 is 1.22 bits per heavy atom. The summed E-state index contributed by atoms with van der Waals surface area (Å²) >= 11 is 1.78. The predicted octanol–water partition coefficient (Wildman–Crippen LogP) is 3.88. The minimum atomic E-state index is -0.418. The summed E-state index contributed by atoms with van der Waals surface area (Å²) in [4.78, 5) is 0. The van der Waals surface area contributed by atoms with Crippen LogP contribution in [0.3, 0.4) is 0 Å². The lowest BCUT2D eigenvalue weighted by molar-refractivity contribution is 0.203. The van der Waals surface area contributed by atoms with Gasteiger partial charge in [-0.3, -0.25) is 0 Å². The van der Waals surface area contributed by atoms with Gasteiger partial charge in [0.05, 0.1) is 13.2 Å². The maximum Gasteiger partial charge on any atom is 0.122 e. The maximum absolute atomic E-state index is 10.3. The molecule has 1 aromatic carbocycles. The van der Waals surface area contributed by atoms with Crippen LogP contribution in [0.15, 0.2) is 12.1 Å². The Morgan fingerprint density at radius 3 is 2.33 bits per heavy atom. The van der Waals surface area contributed by atoms with Gasteiger partial charge < -0.3 is 9.84 Å². The van der Waals surface area contributed by atoms with Crippen molar-refractivity contribution in [3.63, 3.8) is 0 Å². The number of aliphatic hydroxyl groups excluding tert-OH is 1. The number of thioether (sulfide) groups is 1. The van der Waals surface area contributed by atoms with E-state index in [1.807, 2.05) is 26.0 Å². The van der Waals surface area contributed by atoms with Gasteiger partial charge in [-0.25, -0.2) is 0 Å². The van der Waals surface area contributed by atoms with Crippen molar-refractivity contribution in [2.75, 3.05) is 12.9 Å². The number of aryl methyl sites for hydroxylation is 2. The molecule has 0 aromatic heterocycles. The minimum Gasteiger partial charge on any atom is -0.496 e. The van der Waals surface area contributed by atoms with Gasteiger partial charge >= 0.3 is 0 Å². The first kappa shape index (κ1) is 15.4. The van der Waals surface area contributed by atoms with Crippen molar-refractivity contribution >= 4 is 11.8 Å². The molecule has 1 atom stereocenters. The molecule has 0 amide bonds. The summed E-state index contributed by atoms with van der Waals surface area (Å²) < 4.78 is 5.46. The summed E-state index contributed by atoms with van der Waals surface area (Å²) in [5, 5.41) is 10.3. The second-order valence-corrected chi connectivity index (χ2v) is 7.46. The molecule has 3 heteroatoms. The van der Waals surface area contributed by atoms with E-state index in [2.05, 4.69) is 20.8 Å². The zero-order valence-electron chi connectivity index (χ0n) is 12.2. The van der Waals surface area contributed by atoms with Gasteiger partial charge in [-0.1, -0.05) is 20.8 Å². The number of methoxy groups -OCH3 is 1. The SMILES string of the molecule is COc1cc(C)c(C(O)CSC(C)(C)C)cc1C. The molecule has 0 saturated heterocycles. The van der Waals surface area contributed by atoms with E-state index in [0.717, 1.165) is 28.2 Å². The molecular formula is C15H24O2S. The normalized spacial score (nSPS) is 13.5. The molecule has 0 spiro atoms. The first-order chi connectivity index (χ1) is 8.24. The molecule has 1 N–H and O–H groups in total. The van der Waals surface area contributed by atoms with Gasteiger partial charge in [0.25, 0.3) is 0 Å². The number of aliphatic hydroxyl groups is 1. The Bertz CT molecular complexity index is 408. The van der Waals surface area contributed by atoms with Crippen molar-refractivity contribution in [3.05, 3.63) is 28.8 Å². The number of hydrogen-bond donors (Lipinski definition) is 1. The van der Waals surface area contributed by atoms with Crippen LogP contribution in [0.1, 0.15) is 43.6 Å².